The summed E-state index contributed by atoms with van der Waals surface area (Å²) in [6, 6.07) is 17.7. The minimum Gasteiger partial charge on any atom is -0.468 e. The number of thioether (sulfide) groups is 1. The van der Waals surface area contributed by atoms with E-state index in [1.807, 2.05) is 57.2 Å². The molecular formula is C33H36N4O3S. The van der Waals surface area contributed by atoms with Crippen LogP contribution in [0.5, 0.6) is 0 Å². The zero-order chi connectivity index (χ0) is 29.5. The van der Waals surface area contributed by atoms with Crippen LogP contribution < -0.4 is 16.0 Å². The number of nitrogens with one attached hydrogen (secondary N) is 3. The molecule has 0 bridgehead atoms. The minimum absolute atomic E-state index is 0.0898. The Kier molecular flexibility index (Phi) is 9.74. The van der Waals surface area contributed by atoms with E-state index < -0.39 is 5.92 Å². The van der Waals surface area contributed by atoms with Crippen LogP contribution in [0.3, 0.4) is 0 Å². The average molecular weight is 569 g/mol. The smallest absolute Gasteiger partial charge is 0.254 e. The molecule has 3 aromatic rings. The molecule has 1 aromatic heterocycles. The predicted octanol–water partition coefficient (Wildman–Crippen LogP) is 7.25. The number of hydrogen-bond acceptors (Lipinski definition) is 6. The molecule has 4 rings (SSSR count). The van der Waals surface area contributed by atoms with E-state index in [4.69, 9.17) is 4.42 Å². The quantitative estimate of drug-likeness (QED) is 0.238. The molecule has 1 atom stereocenters. The van der Waals surface area contributed by atoms with E-state index in [9.17, 15) is 14.9 Å². The maximum atomic E-state index is 13.7. The number of amides is 2. The molecule has 0 saturated heterocycles. The van der Waals surface area contributed by atoms with Crippen LogP contribution in [-0.2, 0) is 16.0 Å². The van der Waals surface area contributed by atoms with Crippen molar-refractivity contribution in [1.29, 1.82) is 5.26 Å². The lowest BCUT2D eigenvalue weighted by Crippen LogP contribution is -2.31. The number of allylic oxidation sites excluding steroid dienone is 2. The zero-order valence-electron chi connectivity index (χ0n) is 24.2. The SMILES string of the molecule is CCCCc1ccc(NC(=O)CSC2=C(C#N)[C@@H](c3ccco3)C(C(=O)Nc3c(C)cc(C)cc3C)=C(C)N2)cc1. The highest BCUT2D eigenvalue weighted by atomic mass is 32.2. The van der Waals surface area contributed by atoms with E-state index in [1.165, 1.54) is 23.6 Å². The van der Waals surface area contributed by atoms with Crippen molar-refractivity contribution in [2.75, 3.05) is 16.4 Å². The molecule has 0 aliphatic carbocycles. The molecule has 0 saturated carbocycles. The number of carbonyl (C=O) groups excluding carboxylic acids is 2. The number of aryl methyl sites for hydroxylation is 4. The fourth-order valence-corrected chi connectivity index (χ4v) is 5.99. The molecular weight excluding hydrogens is 532 g/mol. The van der Waals surface area contributed by atoms with Crippen molar-refractivity contribution in [2.45, 2.75) is 59.8 Å². The van der Waals surface area contributed by atoms with Crippen LogP contribution in [0.15, 0.2) is 81.1 Å². The summed E-state index contributed by atoms with van der Waals surface area (Å²) < 4.78 is 5.72. The van der Waals surface area contributed by atoms with E-state index in [1.54, 1.807) is 19.1 Å². The van der Waals surface area contributed by atoms with Crippen molar-refractivity contribution in [3.63, 3.8) is 0 Å². The maximum Gasteiger partial charge on any atom is 0.254 e. The van der Waals surface area contributed by atoms with Gasteiger partial charge in [-0.25, -0.2) is 0 Å². The van der Waals surface area contributed by atoms with Crippen LogP contribution in [0, 0.1) is 32.1 Å². The van der Waals surface area contributed by atoms with Crippen molar-refractivity contribution in [1.82, 2.24) is 5.32 Å². The molecule has 3 N–H and O–H groups in total. The highest BCUT2D eigenvalue weighted by Gasteiger charge is 2.36. The third kappa shape index (κ3) is 7.11. The summed E-state index contributed by atoms with van der Waals surface area (Å²) in [5.41, 5.74) is 7.07. The van der Waals surface area contributed by atoms with Gasteiger partial charge in [0.25, 0.3) is 5.91 Å². The summed E-state index contributed by atoms with van der Waals surface area (Å²) in [6.45, 7) is 9.90. The number of carbonyl (C=O) groups is 2. The summed E-state index contributed by atoms with van der Waals surface area (Å²) in [5.74, 6) is -0.650. The van der Waals surface area contributed by atoms with E-state index in [-0.39, 0.29) is 17.6 Å². The number of nitrogens with zero attached hydrogens (tertiary/aromatic N) is 1. The largest absolute Gasteiger partial charge is 0.468 e. The van der Waals surface area contributed by atoms with Crippen molar-refractivity contribution in [3.05, 3.63) is 105 Å². The molecule has 2 aromatic carbocycles. The number of hydrogen-bond donors (Lipinski definition) is 3. The van der Waals surface area contributed by atoms with E-state index in [2.05, 4.69) is 28.9 Å². The van der Waals surface area contributed by atoms with Crippen LogP contribution in [0.1, 0.15) is 60.6 Å². The van der Waals surface area contributed by atoms with Gasteiger partial charge in [-0.3, -0.25) is 9.59 Å². The molecule has 1 aliphatic heterocycles. The molecule has 2 heterocycles. The van der Waals surface area contributed by atoms with Gasteiger partial charge < -0.3 is 20.4 Å². The van der Waals surface area contributed by atoms with E-state index in [0.717, 1.165) is 47.3 Å². The van der Waals surface area contributed by atoms with Gasteiger partial charge in [-0.1, -0.05) is 54.9 Å². The van der Waals surface area contributed by atoms with Gasteiger partial charge in [0.15, 0.2) is 0 Å². The lowest BCUT2D eigenvalue weighted by atomic mass is 9.85. The van der Waals surface area contributed by atoms with Crippen molar-refractivity contribution in [3.8, 4) is 6.07 Å². The molecule has 0 radical (unpaired) electrons. The molecule has 0 unspecified atom stereocenters. The summed E-state index contributed by atoms with van der Waals surface area (Å²) in [4.78, 5) is 26.5. The van der Waals surface area contributed by atoms with Crippen LogP contribution in [-0.4, -0.2) is 17.6 Å². The Labute approximate surface area is 246 Å². The zero-order valence-corrected chi connectivity index (χ0v) is 25.0. The molecule has 212 valence electrons. The van der Waals surface area contributed by atoms with E-state index >= 15 is 0 Å². The van der Waals surface area contributed by atoms with Crippen LogP contribution in [0.2, 0.25) is 0 Å². The monoisotopic (exact) mass is 568 g/mol. The number of benzene rings is 2. The molecule has 1 aliphatic rings. The van der Waals surface area contributed by atoms with Gasteiger partial charge in [-0.15, -0.1) is 0 Å². The molecule has 8 heteroatoms. The Morgan fingerprint density at radius 1 is 1.05 bits per heavy atom. The van der Waals surface area contributed by atoms with E-state index in [0.29, 0.717) is 27.6 Å². The van der Waals surface area contributed by atoms with Crippen molar-refractivity contribution < 1.29 is 14.0 Å². The number of unbranched alkanes of at least 4 members (excludes halogenated alkanes) is 1. The lowest BCUT2D eigenvalue weighted by Gasteiger charge is -2.28. The second-order valence-electron chi connectivity index (χ2n) is 10.3. The number of dihydropyridines is 1. The summed E-state index contributed by atoms with van der Waals surface area (Å²) in [5, 5.41) is 20.0. The molecule has 41 heavy (non-hydrogen) atoms. The third-order valence-electron chi connectivity index (χ3n) is 7.04. The summed E-state index contributed by atoms with van der Waals surface area (Å²) in [6.07, 6.45) is 4.82. The maximum absolute atomic E-state index is 13.7. The van der Waals surface area contributed by atoms with Gasteiger partial charge in [0, 0.05) is 17.1 Å². The van der Waals surface area contributed by atoms with Gasteiger partial charge >= 0.3 is 0 Å². The first-order valence-electron chi connectivity index (χ1n) is 13.8. The van der Waals surface area contributed by atoms with Crippen LogP contribution in [0.4, 0.5) is 11.4 Å². The van der Waals surface area contributed by atoms with Gasteiger partial charge in [0.2, 0.25) is 5.91 Å². The Bertz CT molecular complexity index is 1510. The van der Waals surface area contributed by atoms with Crippen LogP contribution >= 0.6 is 11.8 Å². The summed E-state index contributed by atoms with van der Waals surface area (Å²) in [7, 11) is 0. The Balaban J connectivity index is 1.54. The Morgan fingerprint density at radius 2 is 1.76 bits per heavy atom. The van der Waals surface area contributed by atoms with Gasteiger partial charge in [-0.2, -0.15) is 5.26 Å². The highest BCUT2D eigenvalue weighted by molar-refractivity contribution is 8.03. The fraction of sp³-hybridized carbons (Fsp3) is 0.303. The van der Waals surface area contributed by atoms with Gasteiger partial charge in [0.05, 0.1) is 40.2 Å². The van der Waals surface area contributed by atoms with Crippen molar-refractivity contribution in [2.24, 2.45) is 0 Å². The predicted molar refractivity (Wildman–Crippen MR) is 165 cm³/mol. The fourth-order valence-electron chi connectivity index (χ4n) is 5.10. The number of furan rings is 1. The first-order valence-corrected chi connectivity index (χ1v) is 14.8. The number of nitriles is 1. The highest BCUT2D eigenvalue weighted by Crippen LogP contribution is 2.41. The average Bonchev–Trinajstić information content (AvgIpc) is 3.47. The third-order valence-corrected chi connectivity index (χ3v) is 8.06. The molecule has 7 nitrogen and oxygen atoms in total. The molecule has 0 spiro atoms. The number of anilines is 2. The molecule has 2 amide bonds. The number of rotatable bonds is 10. The Hall–Kier alpha value is -4.22. The van der Waals surface area contributed by atoms with Gasteiger partial charge in [-0.05, 0) is 81.5 Å². The lowest BCUT2D eigenvalue weighted by molar-refractivity contribution is -0.114. The van der Waals surface area contributed by atoms with Crippen LogP contribution in [0.25, 0.3) is 0 Å². The molecule has 0 fully saturated rings. The summed E-state index contributed by atoms with van der Waals surface area (Å²) >= 11 is 1.23. The Morgan fingerprint density at radius 3 is 2.37 bits per heavy atom. The topological polar surface area (TPSA) is 107 Å². The van der Waals surface area contributed by atoms with Crippen molar-refractivity contribution >= 4 is 35.0 Å². The first-order chi connectivity index (χ1) is 19.7. The second kappa shape index (κ2) is 13.4. The second-order valence-corrected chi connectivity index (χ2v) is 11.3. The normalized spacial score (nSPS) is 14.9. The van der Waals surface area contributed by atoms with Gasteiger partial charge in [0.1, 0.15) is 5.76 Å². The standard InChI is InChI=1S/C33H36N4O3S/c1-6-7-9-24-11-13-25(14-12-24)36-28(38)19-41-33-26(18-34)30(27-10-8-15-40-27)29(23(5)35-33)32(39)37-31-21(3)16-20(2)17-22(31)4/h8,10-17,30,35H,6-7,9,19H2,1-5H3,(H,36,38)(H,37,39)/t30-/m0/s1. The minimum atomic E-state index is -0.719. The first kappa shape index (κ1) is 29.8.